The predicted octanol–water partition coefficient (Wildman–Crippen LogP) is 1.95. The number of amides is 1. The Hall–Kier alpha value is -2.04. The Kier molecular flexibility index (Phi) is 3.73. The average Bonchev–Trinajstić information content (AvgIpc) is 2.15. The molecule has 0 unspecified atom stereocenters. The highest BCUT2D eigenvalue weighted by molar-refractivity contribution is 5.84. The van der Waals surface area contributed by atoms with E-state index in [0.717, 1.165) is 5.56 Å². The quantitative estimate of drug-likeness (QED) is 0.842. The molecule has 0 bridgehead atoms. The van der Waals surface area contributed by atoms with Crippen molar-refractivity contribution in [1.82, 2.24) is 5.32 Å². The van der Waals surface area contributed by atoms with Crippen molar-refractivity contribution in [2.45, 2.75) is 26.3 Å². The lowest BCUT2D eigenvalue weighted by molar-refractivity contribution is -0.143. The zero-order valence-corrected chi connectivity index (χ0v) is 9.98. The summed E-state index contributed by atoms with van der Waals surface area (Å²) in [7, 11) is 0. The second kappa shape index (κ2) is 4.86. The minimum Gasteiger partial charge on any atom is -0.480 e. The van der Waals surface area contributed by atoms with Gasteiger partial charge in [0.25, 0.3) is 0 Å². The highest BCUT2D eigenvalue weighted by Crippen LogP contribution is 2.13. The summed E-state index contributed by atoms with van der Waals surface area (Å²) in [5.74, 6) is -0.748. The van der Waals surface area contributed by atoms with Crippen molar-refractivity contribution in [3.05, 3.63) is 29.8 Å². The molecule has 92 valence electrons. The van der Waals surface area contributed by atoms with Gasteiger partial charge in [-0.2, -0.15) is 0 Å². The van der Waals surface area contributed by atoms with Crippen LogP contribution in [-0.2, 0) is 4.79 Å². The maximum absolute atomic E-state index is 11.4. The zero-order valence-electron chi connectivity index (χ0n) is 9.98. The van der Waals surface area contributed by atoms with Crippen LogP contribution in [0.1, 0.15) is 19.4 Å². The number of hydrogen-bond donors (Lipinski definition) is 2. The van der Waals surface area contributed by atoms with Crippen LogP contribution in [0.3, 0.4) is 0 Å². The molecule has 0 aliphatic heterocycles. The van der Waals surface area contributed by atoms with Crippen LogP contribution in [0.2, 0.25) is 0 Å². The Morgan fingerprint density at radius 3 is 2.53 bits per heavy atom. The van der Waals surface area contributed by atoms with Crippen LogP contribution in [0.25, 0.3) is 0 Å². The molecule has 0 fully saturated rings. The van der Waals surface area contributed by atoms with E-state index in [0.29, 0.717) is 5.75 Å². The summed E-state index contributed by atoms with van der Waals surface area (Å²) in [5, 5.41) is 11.1. The number of ether oxygens (including phenoxy) is 1. The maximum Gasteiger partial charge on any atom is 0.413 e. The number of rotatable bonds is 3. The fraction of sp³-hybridized carbons (Fsp3) is 0.333. The van der Waals surface area contributed by atoms with Crippen molar-refractivity contribution >= 4 is 12.1 Å². The number of carboxylic acid groups (broad SMARTS) is 1. The smallest absolute Gasteiger partial charge is 0.413 e. The number of aliphatic carboxylic acids is 1. The highest BCUT2D eigenvalue weighted by Gasteiger charge is 2.29. The lowest BCUT2D eigenvalue weighted by Gasteiger charge is -2.20. The predicted molar refractivity (Wildman–Crippen MR) is 62.1 cm³/mol. The summed E-state index contributed by atoms with van der Waals surface area (Å²) in [4.78, 5) is 22.2. The fourth-order valence-corrected chi connectivity index (χ4v) is 1.12. The Morgan fingerprint density at radius 2 is 2.00 bits per heavy atom. The highest BCUT2D eigenvalue weighted by atomic mass is 16.6. The van der Waals surface area contributed by atoms with Crippen molar-refractivity contribution in [1.29, 1.82) is 0 Å². The molecule has 1 aromatic rings. The molecule has 0 heterocycles. The Morgan fingerprint density at radius 1 is 1.35 bits per heavy atom. The molecule has 0 saturated heterocycles. The molecule has 0 radical (unpaired) electrons. The first-order chi connectivity index (χ1) is 7.81. The van der Waals surface area contributed by atoms with E-state index in [1.54, 1.807) is 18.2 Å². The van der Waals surface area contributed by atoms with Gasteiger partial charge in [-0.1, -0.05) is 12.1 Å². The van der Waals surface area contributed by atoms with Crippen molar-refractivity contribution in [2.24, 2.45) is 0 Å². The number of carbonyl (C=O) groups is 2. The molecule has 2 N–H and O–H groups in total. The molecule has 1 rings (SSSR count). The molecule has 0 saturated carbocycles. The minimum atomic E-state index is -1.36. The molecule has 0 aliphatic rings. The van der Waals surface area contributed by atoms with Gasteiger partial charge in [-0.3, -0.25) is 0 Å². The molecule has 1 amide bonds. The van der Waals surface area contributed by atoms with Crippen molar-refractivity contribution in [3.8, 4) is 5.75 Å². The van der Waals surface area contributed by atoms with E-state index in [2.05, 4.69) is 5.32 Å². The molecular formula is C12H15NO4. The largest absolute Gasteiger partial charge is 0.480 e. The van der Waals surface area contributed by atoms with Gasteiger partial charge in [0.1, 0.15) is 11.3 Å². The van der Waals surface area contributed by atoms with E-state index >= 15 is 0 Å². The summed E-state index contributed by atoms with van der Waals surface area (Å²) < 4.78 is 4.97. The van der Waals surface area contributed by atoms with Gasteiger partial charge in [-0.05, 0) is 38.5 Å². The summed E-state index contributed by atoms with van der Waals surface area (Å²) in [6, 6.07) is 6.93. The summed E-state index contributed by atoms with van der Waals surface area (Å²) in [6.07, 6.45) is -0.789. The van der Waals surface area contributed by atoms with E-state index in [1.807, 2.05) is 13.0 Å². The monoisotopic (exact) mass is 237 g/mol. The molecule has 17 heavy (non-hydrogen) atoms. The van der Waals surface area contributed by atoms with Crippen LogP contribution >= 0.6 is 0 Å². The zero-order chi connectivity index (χ0) is 13.1. The van der Waals surface area contributed by atoms with Crippen molar-refractivity contribution < 1.29 is 19.4 Å². The second-order valence-electron chi connectivity index (χ2n) is 4.26. The molecule has 0 aromatic heterocycles. The second-order valence-corrected chi connectivity index (χ2v) is 4.26. The standard InChI is InChI=1S/C12H15NO4/c1-8-5-4-6-9(7-8)17-11(16)13-12(2,3)10(14)15/h4-7H,1-3H3,(H,13,16)(H,14,15). The summed E-state index contributed by atoms with van der Waals surface area (Å²) in [6.45, 7) is 4.63. The number of benzene rings is 1. The van der Waals surface area contributed by atoms with E-state index in [9.17, 15) is 9.59 Å². The lowest BCUT2D eigenvalue weighted by atomic mass is 10.1. The summed E-state index contributed by atoms with van der Waals surface area (Å²) >= 11 is 0. The van der Waals surface area contributed by atoms with Gasteiger partial charge in [0.2, 0.25) is 0 Å². The average molecular weight is 237 g/mol. The molecule has 5 heteroatoms. The number of nitrogens with one attached hydrogen (secondary N) is 1. The molecular weight excluding hydrogens is 222 g/mol. The normalized spacial score (nSPS) is 10.8. The van der Waals surface area contributed by atoms with E-state index in [1.165, 1.54) is 13.8 Å². The third kappa shape index (κ3) is 3.79. The van der Waals surface area contributed by atoms with Crippen LogP contribution in [0.15, 0.2) is 24.3 Å². The van der Waals surface area contributed by atoms with Gasteiger partial charge < -0.3 is 15.2 Å². The Balaban J connectivity index is 2.65. The van der Waals surface area contributed by atoms with Crippen LogP contribution in [0.5, 0.6) is 5.75 Å². The van der Waals surface area contributed by atoms with Gasteiger partial charge in [-0.15, -0.1) is 0 Å². The van der Waals surface area contributed by atoms with E-state index in [-0.39, 0.29) is 0 Å². The molecule has 0 aliphatic carbocycles. The Labute approximate surface area is 99.4 Å². The van der Waals surface area contributed by atoms with E-state index in [4.69, 9.17) is 9.84 Å². The molecule has 0 spiro atoms. The van der Waals surface area contributed by atoms with Crippen LogP contribution in [-0.4, -0.2) is 22.7 Å². The molecule has 1 aromatic carbocycles. The number of carbonyl (C=O) groups excluding carboxylic acids is 1. The molecule has 0 atom stereocenters. The SMILES string of the molecule is Cc1cccc(OC(=O)NC(C)(C)C(=O)O)c1. The van der Waals surface area contributed by atoms with Crippen LogP contribution < -0.4 is 10.1 Å². The van der Waals surface area contributed by atoms with Gasteiger partial charge in [0.15, 0.2) is 0 Å². The van der Waals surface area contributed by atoms with Gasteiger partial charge in [0, 0.05) is 0 Å². The van der Waals surface area contributed by atoms with Crippen LogP contribution in [0, 0.1) is 6.92 Å². The first-order valence-electron chi connectivity index (χ1n) is 5.11. The minimum absolute atomic E-state index is 0.378. The topological polar surface area (TPSA) is 75.6 Å². The van der Waals surface area contributed by atoms with Crippen molar-refractivity contribution in [3.63, 3.8) is 0 Å². The van der Waals surface area contributed by atoms with Gasteiger partial charge >= 0.3 is 12.1 Å². The molecule has 5 nitrogen and oxygen atoms in total. The number of carboxylic acids is 1. The third-order valence-electron chi connectivity index (χ3n) is 2.15. The maximum atomic E-state index is 11.4. The number of hydrogen-bond acceptors (Lipinski definition) is 3. The first-order valence-corrected chi connectivity index (χ1v) is 5.11. The van der Waals surface area contributed by atoms with E-state index < -0.39 is 17.6 Å². The van der Waals surface area contributed by atoms with Gasteiger partial charge in [-0.25, -0.2) is 9.59 Å². The van der Waals surface area contributed by atoms with Gasteiger partial charge in [0.05, 0.1) is 0 Å². The van der Waals surface area contributed by atoms with Crippen molar-refractivity contribution in [2.75, 3.05) is 0 Å². The first kappa shape index (κ1) is 13.0. The third-order valence-corrected chi connectivity index (χ3v) is 2.15. The van der Waals surface area contributed by atoms with Crippen LogP contribution in [0.4, 0.5) is 4.79 Å². The lowest BCUT2D eigenvalue weighted by Crippen LogP contribution is -2.50. The summed E-state index contributed by atoms with van der Waals surface area (Å²) in [5.41, 5.74) is -0.409. The Bertz CT molecular complexity index is 440. The number of aryl methyl sites for hydroxylation is 1. The fourth-order valence-electron chi connectivity index (χ4n) is 1.12.